The third-order valence-electron chi connectivity index (χ3n) is 5.13. The van der Waals surface area contributed by atoms with Crippen LogP contribution in [0.5, 0.6) is 0 Å². The Morgan fingerprint density at radius 1 is 1.10 bits per heavy atom. The molecule has 0 spiro atoms. The first-order chi connectivity index (χ1) is 14.9. The second kappa shape index (κ2) is 8.52. The molecule has 1 aromatic heterocycles. The van der Waals surface area contributed by atoms with Gasteiger partial charge in [0.05, 0.1) is 21.8 Å². The molecule has 2 heterocycles. The van der Waals surface area contributed by atoms with Crippen molar-refractivity contribution in [3.63, 3.8) is 0 Å². The van der Waals surface area contributed by atoms with E-state index >= 15 is 0 Å². The van der Waals surface area contributed by atoms with Crippen LogP contribution in [0.3, 0.4) is 0 Å². The Kier molecular flexibility index (Phi) is 5.79. The van der Waals surface area contributed by atoms with Gasteiger partial charge in [-0.05, 0) is 60.5 Å². The molecule has 0 atom stereocenters. The number of rotatable bonds is 5. The summed E-state index contributed by atoms with van der Waals surface area (Å²) in [7, 11) is -3.84. The lowest BCUT2D eigenvalue weighted by molar-refractivity contribution is 0.102. The summed E-state index contributed by atoms with van der Waals surface area (Å²) in [6, 6.07) is 10.00. The number of nitrogens with zero attached hydrogens (tertiary/aromatic N) is 5. The van der Waals surface area contributed by atoms with Crippen LogP contribution in [0.2, 0.25) is 0 Å². The van der Waals surface area contributed by atoms with Gasteiger partial charge >= 0.3 is 0 Å². The highest BCUT2D eigenvalue weighted by molar-refractivity contribution is 7.89. The first kappa shape index (κ1) is 21.1. The SMILES string of the molecule is Cc1nnnn1-c1ccc(F)c(NC(=O)c2ccccc2S(=O)(=O)N2CCCCC2)c1. The largest absolute Gasteiger partial charge is 0.319 e. The zero-order chi connectivity index (χ0) is 22.0. The molecule has 9 nitrogen and oxygen atoms in total. The van der Waals surface area contributed by atoms with E-state index in [9.17, 15) is 17.6 Å². The molecule has 11 heteroatoms. The number of aryl methyl sites for hydroxylation is 1. The minimum atomic E-state index is -3.84. The van der Waals surface area contributed by atoms with Crippen molar-refractivity contribution >= 4 is 21.6 Å². The average molecular weight is 444 g/mol. The number of sulfonamides is 1. The van der Waals surface area contributed by atoms with Gasteiger partial charge in [-0.25, -0.2) is 12.8 Å². The summed E-state index contributed by atoms with van der Waals surface area (Å²) >= 11 is 0. The number of piperidine rings is 1. The molecule has 31 heavy (non-hydrogen) atoms. The second-order valence-corrected chi connectivity index (χ2v) is 9.12. The number of carbonyl (C=O) groups is 1. The van der Waals surface area contributed by atoms with Crippen LogP contribution in [0.15, 0.2) is 47.4 Å². The van der Waals surface area contributed by atoms with Crippen molar-refractivity contribution in [1.82, 2.24) is 24.5 Å². The highest BCUT2D eigenvalue weighted by Gasteiger charge is 2.30. The van der Waals surface area contributed by atoms with Gasteiger partial charge in [-0.1, -0.05) is 18.6 Å². The maximum atomic E-state index is 14.4. The Hall–Kier alpha value is -3.18. The monoisotopic (exact) mass is 444 g/mol. The van der Waals surface area contributed by atoms with Gasteiger partial charge in [0.25, 0.3) is 5.91 Å². The summed E-state index contributed by atoms with van der Waals surface area (Å²) in [5, 5.41) is 13.7. The van der Waals surface area contributed by atoms with Gasteiger partial charge in [-0.15, -0.1) is 5.10 Å². The average Bonchev–Trinajstić information content (AvgIpc) is 3.21. The minimum Gasteiger partial charge on any atom is -0.319 e. The third kappa shape index (κ3) is 4.19. The second-order valence-electron chi connectivity index (χ2n) is 7.22. The molecule has 0 unspecified atom stereocenters. The molecule has 0 radical (unpaired) electrons. The highest BCUT2D eigenvalue weighted by Crippen LogP contribution is 2.25. The zero-order valence-corrected chi connectivity index (χ0v) is 17.6. The van der Waals surface area contributed by atoms with Gasteiger partial charge in [0.2, 0.25) is 10.0 Å². The molecule has 3 aromatic rings. The maximum absolute atomic E-state index is 14.4. The summed E-state index contributed by atoms with van der Waals surface area (Å²) in [4.78, 5) is 12.9. The fraction of sp³-hybridized carbons (Fsp3) is 0.300. The van der Waals surface area contributed by atoms with E-state index in [4.69, 9.17) is 0 Å². The van der Waals surface area contributed by atoms with E-state index in [0.29, 0.717) is 24.6 Å². The number of halogens is 1. The number of nitrogens with one attached hydrogen (secondary N) is 1. The molecule has 1 N–H and O–H groups in total. The molecule has 0 saturated carbocycles. The van der Waals surface area contributed by atoms with Gasteiger partial charge < -0.3 is 5.32 Å². The fourth-order valence-corrected chi connectivity index (χ4v) is 5.23. The predicted molar refractivity (Wildman–Crippen MR) is 111 cm³/mol. The Bertz CT molecular complexity index is 1220. The molecule has 162 valence electrons. The van der Waals surface area contributed by atoms with Crippen LogP contribution in [0.1, 0.15) is 35.4 Å². The molecule has 1 fully saturated rings. The third-order valence-corrected chi connectivity index (χ3v) is 7.09. The van der Waals surface area contributed by atoms with Gasteiger partial charge in [0, 0.05) is 13.1 Å². The van der Waals surface area contributed by atoms with Crippen LogP contribution in [-0.2, 0) is 10.0 Å². The lowest BCUT2D eigenvalue weighted by Crippen LogP contribution is -2.36. The maximum Gasteiger partial charge on any atom is 0.257 e. The summed E-state index contributed by atoms with van der Waals surface area (Å²) in [5.41, 5.74) is 0.299. The van der Waals surface area contributed by atoms with Gasteiger partial charge in [-0.2, -0.15) is 8.99 Å². The van der Waals surface area contributed by atoms with Crippen molar-refractivity contribution in [2.75, 3.05) is 18.4 Å². The molecule has 1 saturated heterocycles. The van der Waals surface area contributed by atoms with Gasteiger partial charge in [0.15, 0.2) is 5.82 Å². The molecule has 2 aromatic carbocycles. The summed E-state index contributed by atoms with van der Waals surface area (Å²) < 4.78 is 43.4. The number of anilines is 1. The van der Waals surface area contributed by atoms with E-state index in [-0.39, 0.29) is 16.1 Å². The number of hydrogen-bond acceptors (Lipinski definition) is 6. The number of amides is 1. The topological polar surface area (TPSA) is 110 Å². The van der Waals surface area contributed by atoms with E-state index in [1.54, 1.807) is 19.1 Å². The first-order valence-electron chi connectivity index (χ1n) is 9.83. The van der Waals surface area contributed by atoms with Crippen LogP contribution in [0.25, 0.3) is 5.69 Å². The van der Waals surface area contributed by atoms with E-state index in [1.807, 2.05) is 0 Å². The number of hydrogen-bond donors (Lipinski definition) is 1. The molecule has 1 aliphatic rings. The Labute approximate surface area is 178 Å². The molecule has 1 aliphatic heterocycles. The van der Waals surface area contributed by atoms with Crippen LogP contribution >= 0.6 is 0 Å². The minimum absolute atomic E-state index is 0.0449. The van der Waals surface area contributed by atoms with E-state index in [0.717, 1.165) is 19.3 Å². The van der Waals surface area contributed by atoms with Crippen molar-refractivity contribution < 1.29 is 17.6 Å². The molecule has 1 amide bonds. The smallest absolute Gasteiger partial charge is 0.257 e. The first-order valence-corrected chi connectivity index (χ1v) is 11.3. The molecule has 0 bridgehead atoms. The fourth-order valence-electron chi connectivity index (χ4n) is 3.52. The van der Waals surface area contributed by atoms with Crippen molar-refractivity contribution in [2.24, 2.45) is 0 Å². The van der Waals surface area contributed by atoms with Crippen LogP contribution in [-0.4, -0.2) is 51.9 Å². The van der Waals surface area contributed by atoms with Crippen LogP contribution in [0.4, 0.5) is 10.1 Å². The highest BCUT2D eigenvalue weighted by atomic mass is 32.2. The zero-order valence-electron chi connectivity index (χ0n) is 16.8. The van der Waals surface area contributed by atoms with Gasteiger partial charge in [0.1, 0.15) is 5.82 Å². The molecule has 0 aliphatic carbocycles. The standard InChI is InChI=1S/C20H21FN6O3S/c1-14-23-24-25-27(14)15-9-10-17(21)18(13-15)22-20(28)16-7-3-4-8-19(16)31(29,30)26-11-5-2-6-12-26/h3-4,7-10,13H,2,5-6,11-12H2,1H3,(H,22,28). The van der Waals surface area contributed by atoms with E-state index in [1.165, 1.54) is 39.3 Å². The van der Waals surface area contributed by atoms with Crippen molar-refractivity contribution in [3.8, 4) is 5.69 Å². The molecule has 4 rings (SSSR count). The van der Waals surface area contributed by atoms with Crippen molar-refractivity contribution in [2.45, 2.75) is 31.1 Å². The number of aromatic nitrogens is 4. The quantitative estimate of drug-likeness (QED) is 0.648. The Morgan fingerprint density at radius 3 is 2.55 bits per heavy atom. The molecular formula is C20H21FN6O3S. The van der Waals surface area contributed by atoms with Crippen LogP contribution in [0, 0.1) is 12.7 Å². The molecular weight excluding hydrogens is 423 g/mol. The Balaban J connectivity index is 1.65. The normalized spacial score (nSPS) is 15.0. The van der Waals surface area contributed by atoms with Gasteiger partial charge in [-0.3, -0.25) is 4.79 Å². The lowest BCUT2D eigenvalue weighted by Gasteiger charge is -2.26. The summed E-state index contributed by atoms with van der Waals surface area (Å²) in [6.45, 7) is 2.52. The summed E-state index contributed by atoms with van der Waals surface area (Å²) in [6.07, 6.45) is 2.54. The van der Waals surface area contributed by atoms with Crippen LogP contribution < -0.4 is 5.32 Å². The van der Waals surface area contributed by atoms with Crippen molar-refractivity contribution in [3.05, 3.63) is 59.7 Å². The van der Waals surface area contributed by atoms with E-state index in [2.05, 4.69) is 20.8 Å². The number of tetrazole rings is 1. The Morgan fingerprint density at radius 2 is 1.84 bits per heavy atom. The number of benzene rings is 2. The number of carbonyl (C=O) groups excluding carboxylic acids is 1. The summed E-state index contributed by atoms with van der Waals surface area (Å²) in [5.74, 6) is -0.901. The van der Waals surface area contributed by atoms with E-state index < -0.39 is 21.7 Å². The van der Waals surface area contributed by atoms with Crippen molar-refractivity contribution in [1.29, 1.82) is 0 Å². The lowest BCUT2D eigenvalue weighted by atomic mass is 10.2. The predicted octanol–water partition coefficient (Wildman–Crippen LogP) is 2.54.